The fourth-order valence-corrected chi connectivity index (χ4v) is 1.82. The Labute approximate surface area is 139 Å². The van der Waals surface area contributed by atoms with Gasteiger partial charge in [0, 0.05) is 32.6 Å². The maximum Gasteiger partial charge on any atom is 0.406 e. The lowest BCUT2D eigenvalue weighted by Crippen LogP contribution is -2.43. The molecule has 1 rings (SSSR count). The molecule has 24 heavy (non-hydrogen) atoms. The molecule has 0 aliphatic heterocycles. The average molecular weight is 351 g/mol. The number of likely N-dealkylation sites (N-methyl/N-ethyl adjacent to an activating group) is 1. The lowest BCUT2D eigenvalue weighted by Gasteiger charge is -2.18. The number of nitrogens with zero attached hydrogens (tertiary/aromatic N) is 2. The molecule has 1 fully saturated rings. The Morgan fingerprint density at radius 2 is 1.79 bits per heavy atom. The van der Waals surface area contributed by atoms with Crippen LogP contribution in [0, 0.1) is 5.92 Å². The minimum Gasteiger partial charge on any atom is -0.357 e. The second kappa shape index (κ2) is 9.33. The third-order valence-electron chi connectivity index (χ3n) is 3.22. The summed E-state index contributed by atoms with van der Waals surface area (Å²) in [4.78, 5) is 27.6. The van der Waals surface area contributed by atoms with Gasteiger partial charge >= 0.3 is 6.18 Å². The first kappa shape index (κ1) is 20.0. The largest absolute Gasteiger partial charge is 0.406 e. The van der Waals surface area contributed by atoms with E-state index in [2.05, 4.69) is 20.9 Å². The van der Waals surface area contributed by atoms with E-state index in [1.165, 1.54) is 0 Å². The van der Waals surface area contributed by atoms with Crippen LogP contribution in [0.2, 0.25) is 0 Å². The first-order valence-electron chi connectivity index (χ1n) is 7.83. The smallest absolute Gasteiger partial charge is 0.357 e. The van der Waals surface area contributed by atoms with E-state index >= 15 is 0 Å². The van der Waals surface area contributed by atoms with E-state index in [0.29, 0.717) is 30.5 Å². The molecule has 0 atom stereocenters. The average Bonchev–Trinajstić information content (AvgIpc) is 3.31. The van der Waals surface area contributed by atoms with Crippen LogP contribution in [-0.4, -0.2) is 68.6 Å². The predicted octanol–water partition coefficient (Wildman–Crippen LogP) is 0.0884. The van der Waals surface area contributed by atoms with Crippen molar-refractivity contribution in [3.8, 4) is 0 Å². The number of rotatable bonds is 8. The molecule has 2 amide bonds. The lowest BCUT2D eigenvalue weighted by atomic mass is 10.4. The fourth-order valence-electron chi connectivity index (χ4n) is 1.82. The standard InChI is InChI=1S/C14H24F3N5O2/c1-3-18-13(20-7-6-19-12(24)10-4-5-10)21-8-11(23)22(2)9-14(15,16)17/h10H,3-9H2,1-2H3,(H,19,24)(H2,18,20,21). The number of alkyl halides is 3. The number of nitrogens with one attached hydrogen (secondary N) is 3. The van der Waals surface area contributed by atoms with Crippen molar-refractivity contribution in [2.24, 2.45) is 10.9 Å². The fraction of sp³-hybridized carbons (Fsp3) is 0.786. The van der Waals surface area contributed by atoms with Crippen LogP contribution in [0.5, 0.6) is 0 Å². The van der Waals surface area contributed by atoms with Crippen molar-refractivity contribution in [1.29, 1.82) is 0 Å². The zero-order valence-corrected chi connectivity index (χ0v) is 13.9. The topological polar surface area (TPSA) is 85.8 Å². The Kier molecular flexibility index (Phi) is 7.80. The molecule has 0 aromatic rings. The molecule has 138 valence electrons. The normalized spacial score (nSPS) is 15.0. The summed E-state index contributed by atoms with van der Waals surface area (Å²) >= 11 is 0. The van der Waals surface area contributed by atoms with Gasteiger partial charge in [0.25, 0.3) is 0 Å². The van der Waals surface area contributed by atoms with Crippen LogP contribution in [0.1, 0.15) is 19.8 Å². The van der Waals surface area contributed by atoms with Gasteiger partial charge in [0.1, 0.15) is 13.1 Å². The van der Waals surface area contributed by atoms with Crippen LogP contribution < -0.4 is 16.0 Å². The molecule has 10 heteroatoms. The van der Waals surface area contributed by atoms with Crippen LogP contribution in [0.3, 0.4) is 0 Å². The number of aliphatic imine (C=N–C) groups is 1. The molecule has 0 aromatic heterocycles. The number of carbonyl (C=O) groups is 2. The summed E-state index contributed by atoms with van der Waals surface area (Å²) in [5.41, 5.74) is 0. The van der Waals surface area contributed by atoms with Gasteiger partial charge < -0.3 is 20.9 Å². The summed E-state index contributed by atoms with van der Waals surface area (Å²) in [5, 5.41) is 8.56. The van der Waals surface area contributed by atoms with Gasteiger partial charge in [-0.3, -0.25) is 9.59 Å². The Bertz CT molecular complexity index is 464. The number of hydrogen-bond acceptors (Lipinski definition) is 3. The van der Waals surface area contributed by atoms with Crippen LogP contribution in [0.25, 0.3) is 0 Å². The molecule has 0 unspecified atom stereocenters. The van der Waals surface area contributed by atoms with Gasteiger partial charge in [0.2, 0.25) is 11.8 Å². The van der Waals surface area contributed by atoms with Crippen molar-refractivity contribution in [2.45, 2.75) is 25.9 Å². The van der Waals surface area contributed by atoms with Gasteiger partial charge in [-0.25, -0.2) is 4.99 Å². The number of amides is 2. The third-order valence-corrected chi connectivity index (χ3v) is 3.22. The van der Waals surface area contributed by atoms with E-state index < -0.39 is 25.2 Å². The molecule has 7 nitrogen and oxygen atoms in total. The minimum absolute atomic E-state index is 0.0303. The maximum atomic E-state index is 12.2. The van der Waals surface area contributed by atoms with Crippen molar-refractivity contribution in [3.63, 3.8) is 0 Å². The van der Waals surface area contributed by atoms with E-state index in [1.54, 1.807) is 0 Å². The first-order valence-corrected chi connectivity index (χ1v) is 7.83. The molecule has 0 bridgehead atoms. The summed E-state index contributed by atoms with van der Waals surface area (Å²) in [6, 6.07) is 0. The quantitative estimate of drug-likeness (QED) is 0.329. The van der Waals surface area contributed by atoms with Crippen molar-refractivity contribution < 1.29 is 22.8 Å². The highest BCUT2D eigenvalue weighted by Crippen LogP contribution is 2.28. The van der Waals surface area contributed by atoms with Gasteiger partial charge in [-0.15, -0.1) is 0 Å². The van der Waals surface area contributed by atoms with E-state index in [0.717, 1.165) is 19.9 Å². The Hall–Kier alpha value is -2.00. The lowest BCUT2D eigenvalue weighted by molar-refractivity contribution is -0.157. The molecular weight excluding hydrogens is 327 g/mol. The van der Waals surface area contributed by atoms with E-state index in [-0.39, 0.29) is 11.8 Å². The summed E-state index contributed by atoms with van der Waals surface area (Å²) in [6.07, 6.45) is -2.58. The van der Waals surface area contributed by atoms with Crippen LogP contribution in [-0.2, 0) is 9.59 Å². The Balaban J connectivity index is 2.34. The van der Waals surface area contributed by atoms with Crippen molar-refractivity contribution in [2.75, 3.05) is 39.8 Å². The van der Waals surface area contributed by atoms with Crippen LogP contribution >= 0.6 is 0 Å². The molecule has 1 aliphatic rings. The number of guanidine groups is 1. The van der Waals surface area contributed by atoms with Gasteiger partial charge in [0.05, 0.1) is 0 Å². The van der Waals surface area contributed by atoms with Crippen molar-refractivity contribution in [3.05, 3.63) is 0 Å². The summed E-state index contributed by atoms with van der Waals surface area (Å²) in [6.45, 7) is 1.46. The molecule has 3 N–H and O–H groups in total. The SMILES string of the molecule is CCNC(=NCC(=O)N(C)CC(F)(F)F)NCCNC(=O)C1CC1. The van der Waals surface area contributed by atoms with E-state index in [4.69, 9.17) is 0 Å². The molecule has 0 saturated heterocycles. The summed E-state index contributed by atoms with van der Waals surface area (Å²) in [5.74, 6) is -0.255. The second-order valence-corrected chi connectivity index (χ2v) is 5.55. The number of hydrogen-bond donors (Lipinski definition) is 3. The van der Waals surface area contributed by atoms with Crippen molar-refractivity contribution >= 4 is 17.8 Å². The Morgan fingerprint density at radius 3 is 2.33 bits per heavy atom. The van der Waals surface area contributed by atoms with Gasteiger partial charge in [-0.1, -0.05) is 0 Å². The monoisotopic (exact) mass is 351 g/mol. The summed E-state index contributed by atoms with van der Waals surface area (Å²) in [7, 11) is 1.08. The molecule has 0 radical (unpaired) electrons. The van der Waals surface area contributed by atoms with Crippen LogP contribution in [0.15, 0.2) is 4.99 Å². The van der Waals surface area contributed by atoms with E-state index in [1.807, 2.05) is 6.92 Å². The minimum atomic E-state index is -4.43. The molecule has 0 aromatic carbocycles. The zero-order valence-electron chi connectivity index (χ0n) is 13.9. The van der Waals surface area contributed by atoms with Gasteiger partial charge in [-0.05, 0) is 19.8 Å². The molecule has 1 saturated carbocycles. The summed E-state index contributed by atoms with van der Waals surface area (Å²) < 4.78 is 36.7. The highest BCUT2D eigenvalue weighted by molar-refractivity contribution is 5.85. The zero-order chi connectivity index (χ0) is 18.2. The van der Waals surface area contributed by atoms with Gasteiger partial charge in [0.15, 0.2) is 5.96 Å². The highest BCUT2D eigenvalue weighted by atomic mass is 19.4. The predicted molar refractivity (Wildman–Crippen MR) is 83.4 cm³/mol. The van der Waals surface area contributed by atoms with E-state index in [9.17, 15) is 22.8 Å². The Morgan fingerprint density at radius 1 is 1.17 bits per heavy atom. The number of halogens is 3. The first-order chi connectivity index (χ1) is 11.2. The molecule has 0 spiro atoms. The second-order valence-electron chi connectivity index (χ2n) is 5.55. The third kappa shape index (κ3) is 8.59. The van der Waals surface area contributed by atoms with Crippen LogP contribution in [0.4, 0.5) is 13.2 Å². The molecule has 1 aliphatic carbocycles. The maximum absolute atomic E-state index is 12.2. The highest BCUT2D eigenvalue weighted by Gasteiger charge is 2.31. The molecular formula is C14H24F3N5O2. The van der Waals surface area contributed by atoms with Gasteiger partial charge in [-0.2, -0.15) is 13.2 Å². The van der Waals surface area contributed by atoms with Crippen molar-refractivity contribution in [1.82, 2.24) is 20.9 Å². The number of carbonyl (C=O) groups excluding carboxylic acids is 2. The molecule has 0 heterocycles.